The van der Waals surface area contributed by atoms with Crippen LogP contribution in [0, 0.1) is 0 Å². The number of benzene rings is 1. The van der Waals surface area contributed by atoms with E-state index in [1.807, 2.05) is 6.92 Å². The number of carbonyl (C=O) groups is 1. The Kier molecular flexibility index (Phi) is 4.80. The smallest absolute Gasteiger partial charge is 0.406 e. The summed E-state index contributed by atoms with van der Waals surface area (Å²) in [5.74, 6) is -0.263. The first-order valence-electron chi connectivity index (χ1n) is 6.74. The summed E-state index contributed by atoms with van der Waals surface area (Å²) in [7, 11) is 0. The van der Waals surface area contributed by atoms with E-state index >= 15 is 0 Å². The van der Waals surface area contributed by atoms with Crippen molar-refractivity contribution in [3.63, 3.8) is 0 Å². The van der Waals surface area contributed by atoms with Crippen LogP contribution in [0.2, 0.25) is 0 Å². The van der Waals surface area contributed by atoms with E-state index in [2.05, 4.69) is 9.72 Å². The van der Waals surface area contributed by atoms with Gasteiger partial charge in [0.15, 0.2) is 5.78 Å². The highest BCUT2D eigenvalue weighted by atomic mass is 19.4. The SMILES string of the molecule is CCCC(=O)c1ccc(-c2ccc(OC(F)(F)F)cc2)nc1. The number of Topliss-reactive ketones (excluding diaryl/α,β-unsaturated/α-hetero) is 1. The summed E-state index contributed by atoms with van der Waals surface area (Å²) < 4.78 is 40.0. The fraction of sp³-hybridized carbons (Fsp3) is 0.250. The molecule has 6 heteroatoms. The maximum atomic E-state index is 12.1. The minimum atomic E-state index is -4.71. The minimum Gasteiger partial charge on any atom is -0.406 e. The number of alkyl halides is 3. The quantitative estimate of drug-likeness (QED) is 0.756. The van der Waals surface area contributed by atoms with E-state index in [1.54, 1.807) is 12.1 Å². The molecule has 0 atom stereocenters. The normalized spacial score (nSPS) is 11.3. The van der Waals surface area contributed by atoms with Gasteiger partial charge in [0.05, 0.1) is 5.69 Å². The molecule has 0 aliphatic rings. The Morgan fingerprint density at radius 2 is 1.82 bits per heavy atom. The van der Waals surface area contributed by atoms with Gasteiger partial charge in [-0.15, -0.1) is 13.2 Å². The van der Waals surface area contributed by atoms with Gasteiger partial charge in [0, 0.05) is 23.7 Å². The third kappa shape index (κ3) is 4.31. The van der Waals surface area contributed by atoms with Crippen molar-refractivity contribution in [2.24, 2.45) is 0 Å². The average Bonchev–Trinajstić information content (AvgIpc) is 2.47. The van der Waals surface area contributed by atoms with E-state index in [1.165, 1.54) is 30.5 Å². The third-order valence-electron chi connectivity index (χ3n) is 2.95. The van der Waals surface area contributed by atoms with Gasteiger partial charge in [0.2, 0.25) is 0 Å². The molecular weight excluding hydrogens is 295 g/mol. The predicted octanol–water partition coefficient (Wildman–Crippen LogP) is 4.63. The van der Waals surface area contributed by atoms with Crippen LogP contribution in [-0.4, -0.2) is 17.1 Å². The van der Waals surface area contributed by atoms with Crippen molar-refractivity contribution >= 4 is 5.78 Å². The van der Waals surface area contributed by atoms with Crippen LogP contribution in [0.25, 0.3) is 11.3 Å². The second-order valence-electron chi connectivity index (χ2n) is 4.68. The molecule has 1 aromatic carbocycles. The number of carbonyl (C=O) groups excluding carboxylic acids is 1. The van der Waals surface area contributed by atoms with Gasteiger partial charge in [-0.25, -0.2) is 0 Å². The zero-order valence-corrected chi connectivity index (χ0v) is 11.9. The van der Waals surface area contributed by atoms with E-state index in [4.69, 9.17) is 0 Å². The summed E-state index contributed by atoms with van der Waals surface area (Å²) in [6, 6.07) is 8.75. The molecule has 2 rings (SSSR count). The van der Waals surface area contributed by atoms with E-state index in [9.17, 15) is 18.0 Å². The molecule has 0 amide bonds. The number of aromatic nitrogens is 1. The Morgan fingerprint density at radius 1 is 1.14 bits per heavy atom. The predicted molar refractivity (Wildman–Crippen MR) is 75.6 cm³/mol. The molecular formula is C16H14F3NO2. The lowest BCUT2D eigenvalue weighted by Gasteiger charge is -2.09. The minimum absolute atomic E-state index is 0.0236. The van der Waals surface area contributed by atoms with E-state index in [0.717, 1.165) is 6.42 Å². The Hall–Kier alpha value is -2.37. The van der Waals surface area contributed by atoms with E-state index < -0.39 is 6.36 Å². The fourth-order valence-corrected chi connectivity index (χ4v) is 1.93. The largest absolute Gasteiger partial charge is 0.573 e. The molecule has 3 nitrogen and oxygen atoms in total. The van der Waals surface area contributed by atoms with Gasteiger partial charge in [0.25, 0.3) is 0 Å². The van der Waals surface area contributed by atoms with Crippen LogP contribution in [0.15, 0.2) is 42.6 Å². The van der Waals surface area contributed by atoms with E-state index in [-0.39, 0.29) is 11.5 Å². The molecule has 116 valence electrons. The molecule has 0 aliphatic heterocycles. The Labute approximate surface area is 125 Å². The van der Waals surface area contributed by atoms with Gasteiger partial charge < -0.3 is 4.74 Å². The first kappa shape index (κ1) is 16.0. The maximum absolute atomic E-state index is 12.1. The molecule has 0 unspecified atom stereocenters. The molecule has 0 fully saturated rings. The van der Waals surface area contributed by atoms with Gasteiger partial charge >= 0.3 is 6.36 Å². The number of rotatable bonds is 5. The van der Waals surface area contributed by atoms with Crippen molar-refractivity contribution in [1.82, 2.24) is 4.98 Å². The molecule has 0 saturated heterocycles. The van der Waals surface area contributed by atoms with Gasteiger partial charge in [-0.05, 0) is 42.8 Å². The van der Waals surface area contributed by atoms with Gasteiger partial charge in [-0.3, -0.25) is 9.78 Å². The highest BCUT2D eigenvalue weighted by molar-refractivity contribution is 5.95. The Balaban J connectivity index is 2.13. The van der Waals surface area contributed by atoms with Crippen molar-refractivity contribution < 1.29 is 22.7 Å². The molecule has 0 spiro atoms. The fourth-order valence-electron chi connectivity index (χ4n) is 1.93. The molecule has 0 radical (unpaired) electrons. The van der Waals surface area contributed by atoms with Crippen molar-refractivity contribution in [2.75, 3.05) is 0 Å². The van der Waals surface area contributed by atoms with Crippen LogP contribution < -0.4 is 4.74 Å². The van der Waals surface area contributed by atoms with Crippen LogP contribution in [-0.2, 0) is 0 Å². The first-order valence-corrected chi connectivity index (χ1v) is 6.74. The zero-order valence-electron chi connectivity index (χ0n) is 11.9. The molecule has 0 saturated carbocycles. The molecule has 0 bridgehead atoms. The number of ether oxygens (including phenoxy) is 1. The molecule has 0 aliphatic carbocycles. The highest BCUT2D eigenvalue weighted by Crippen LogP contribution is 2.25. The summed E-state index contributed by atoms with van der Waals surface area (Å²) in [6.07, 6.45) is -2.00. The molecule has 1 aromatic heterocycles. The van der Waals surface area contributed by atoms with Crippen molar-refractivity contribution in [3.8, 4) is 17.0 Å². The zero-order chi connectivity index (χ0) is 16.2. The maximum Gasteiger partial charge on any atom is 0.573 e. The van der Waals surface area contributed by atoms with Crippen LogP contribution >= 0.6 is 0 Å². The van der Waals surface area contributed by atoms with Crippen molar-refractivity contribution in [1.29, 1.82) is 0 Å². The number of pyridine rings is 1. The average molecular weight is 309 g/mol. The molecule has 22 heavy (non-hydrogen) atoms. The van der Waals surface area contributed by atoms with Gasteiger partial charge in [-0.1, -0.05) is 6.92 Å². The van der Waals surface area contributed by atoms with Crippen LogP contribution in [0.1, 0.15) is 30.1 Å². The highest BCUT2D eigenvalue weighted by Gasteiger charge is 2.30. The molecule has 1 heterocycles. The van der Waals surface area contributed by atoms with Crippen molar-refractivity contribution in [2.45, 2.75) is 26.1 Å². The van der Waals surface area contributed by atoms with Crippen molar-refractivity contribution in [3.05, 3.63) is 48.2 Å². The van der Waals surface area contributed by atoms with Crippen LogP contribution in [0.4, 0.5) is 13.2 Å². The second kappa shape index (κ2) is 6.60. The summed E-state index contributed by atoms with van der Waals surface area (Å²) >= 11 is 0. The number of hydrogen-bond donors (Lipinski definition) is 0. The lowest BCUT2D eigenvalue weighted by molar-refractivity contribution is -0.274. The molecule has 0 N–H and O–H groups in total. The lowest BCUT2D eigenvalue weighted by Crippen LogP contribution is -2.16. The van der Waals surface area contributed by atoms with Gasteiger partial charge in [-0.2, -0.15) is 0 Å². The summed E-state index contributed by atoms with van der Waals surface area (Å²) in [5, 5.41) is 0. The van der Waals surface area contributed by atoms with Crippen LogP contribution in [0.5, 0.6) is 5.75 Å². The lowest BCUT2D eigenvalue weighted by atomic mass is 10.1. The number of ketones is 1. The standard InChI is InChI=1S/C16H14F3NO2/c1-2-3-15(21)12-6-9-14(20-10-12)11-4-7-13(8-5-11)22-16(17,18)19/h4-10H,2-3H2,1H3. The number of hydrogen-bond acceptors (Lipinski definition) is 3. The number of halogens is 3. The topological polar surface area (TPSA) is 39.2 Å². The van der Waals surface area contributed by atoms with E-state index in [0.29, 0.717) is 23.2 Å². The monoisotopic (exact) mass is 309 g/mol. The summed E-state index contributed by atoms with van der Waals surface area (Å²) in [4.78, 5) is 15.9. The summed E-state index contributed by atoms with van der Waals surface area (Å²) in [6.45, 7) is 1.92. The number of nitrogens with zero attached hydrogens (tertiary/aromatic N) is 1. The van der Waals surface area contributed by atoms with Gasteiger partial charge in [0.1, 0.15) is 5.75 Å². The Bertz CT molecular complexity index is 634. The summed E-state index contributed by atoms with van der Waals surface area (Å²) in [5.41, 5.74) is 1.75. The second-order valence-corrected chi connectivity index (χ2v) is 4.68. The third-order valence-corrected chi connectivity index (χ3v) is 2.95. The Morgan fingerprint density at radius 3 is 2.32 bits per heavy atom. The molecule has 2 aromatic rings. The first-order chi connectivity index (χ1) is 10.4. The van der Waals surface area contributed by atoms with Crippen LogP contribution in [0.3, 0.4) is 0 Å².